The summed E-state index contributed by atoms with van der Waals surface area (Å²) < 4.78 is 18.2. The Morgan fingerprint density at radius 1 is 1.35 bits per heavy atom. The maximum absolute atomic E-state index is 12.9. The first-order chi connectivity index (χ1) is 9.65. The molecular weight excluding hydrogens is 259 g/mol. The van der Waals surface area contributed by atoms with Gasteiger partial charge in [0, 0.05) is 18.0 Å². The molecule has 0 aliphatic heterocycles. The normalized spacial score (nSPS) is 10.1. The third kappa shape index (κ3) is 4.05. The van der Waals surface area contributed by atoms with Crippen LogP contribution in [0.15, 0.2) is 42.6 Å². The Kier molecular flexibility index (Phi) is 4.65. The molecule has 20 heavy (non-hydrogen) atoms. The fraction of sp³-hybridized carbons (Fsp3) is 0.200. The van der Waals surface area contributed by atoms with Crippen molar-refractivity contribution in [3.05, 3.63) is 59.7 Å². The number of aromatic nitrogens is 1. The zero-order chi connectivity index (χ0) is 14.4. The van der Waals surface area contributed by atoms with Crippen molar-refractivity contribution in [3.8, 4) is 5.75 Å². The molecule has 0 bridgehead atoms. The van der Waals surface area contributed by atoms with E-state index in [-0.39, 0.29) is 18.3 Å². The molecule has 4 nitrogen and oxygen atoms in total. The molecule has 0 atom stereocenters. The zero-order valence-electron chi connectivity index (χ0n) is 11.1. The monoisotopic (exact) mass is 274 g/mol. The van der Waals surface area contributed by atoms with Gasteiger partial charge in [-0.3, -0.25) is 9.78 Å². The van der Waals surface area contributed by atoms with Gasteiger partial charge in [0.15, 0.2) is 0 Å². The molecule has 0 saturated heterocycles. The quantitative estimate of drug-likeness (QED) is 0.851. The third-order valence-corrected chi connectivity index (χ3v) is 2.63. The molecule has 2 aromatic rings. The van der Waals surface area contributed by atoms with E-state index in [0.717, 1.165) is 5.69 Å². The average Bonchev–Trinajstić information content (AvgIpc) is 2.44. The van der Waals surface area contributed by atoms with Crippen LogP contribution in [0.1, 0.15) is 16.1 Å². The number of halogens is 1. The Morgan fingerprint density at radius 3 is 2.90 bits per heavy atom. The maximum Gasteiger partial charge on any atom is 0.252 e. The molecule has 0 aliphatic carbocycles. The van der Waals surface area contributed by atoms with Crippen LogP contribution in [0.5, 0.6) is 5.75 Å². The van der Waals surface area contributed by atoms with Crippen LogP contribution in [0.2, 0.25) is 0 Å². The van der Waals surface area contributed by atoms with Gasteiger partial charge in [-0.25, -0.2) is 4.39 Å². The molecule has 0 unspecified atom stereocenters. The second kappa shape index (κ2) is 6.65. The molecule has 0 fully saturated rings. The highest BCUT2D eigenvalue weighted by Crippen LogP contribution is 2.11. The average molecular weight is 274 g/mol. The lowest BCUT2D eigenvalue weighted by Crippen LogP contribution is -2.28. The van der Waals surface area contributed by atoms with Gasteiger partial charge in [0.2, 0.25) is 0 Å². The fourth-order valence-corrected chi connectivity index (χ4v) is 1.59. The van der Waals surface area contributed by atoms with Crippen LogP contribution in [-0.4, -0.2) is 24.0 Å². The molecule has 104 valence electrons. The number of amides is 1. The van der Waals surface area contributed by atoms with E-state index >= 15 is 0 Å². The van der Waals surface area contributed by atoms with Crippen LogP contribution < -0.4 is 10.1 Å². The minimum absolute atomic E-state index is 0.208. The minimum Gasteiger partial charge on any atom is -0.492 e. The number of pyridine rings is 1. The van der Waals surface area contributed by atoms with E-state index in [1.807, 2.05) is 6.92 Å². The first-order valence-electron chi connectivity index (χ1n) is 6.24. The van der Waals surface area contributed by atoms with Gasteiger partial charge in [-0.05, 0) is 31.2 Å². The van der Waals surface area contributed by atoms with Gasteiger partial charge in [-0.1, -0.05) is 6.07 Å². The second-order valence-electron chi connectivity index (χ2n) is 4.25. The summed E-state index contributed by atoms with van der Waals surface area (Å²) in [6, 6.07) is 9.37. The maximum atomic E-state index is 12.9. The summed E-state index contributed by atoms with van der Waals surface area (Å²) in [6.07, 6.45) is 1.53. The van der Waals surface area contributed by atoms with Crippen LogP contribution >= 0.6 is 0 Å². The summed E-state index contributed by atoms with van der Waals surface area (Å²) in [5, 5.41) is 2.71. The topological polar surface area (TPSA) is 51.2 Å². The molecule has 0 radical (unpaired) electrons. The lowest BCUT2D eigenvalue weighted by Gasteiger charge is -2.07. The summed E-state index contributed by atoms with van der Waals surface area (Å²) in [5.41, 5.74) is 1.36. The van der Waals surface area contributed by atoms with E-state index in [4.69, 9.17) is 4.74 Å². The SMILES string of the molecule is Cc1ccc(C(=O)NCCOc2cccc(F)c2)cn1. The van der Waals surface area contributed by atoms with Crippen molar-refractivity contribution in [1.82, 2.24) is 10.3 Å². The van der Waals surface area contributed by atoms with Gasteiger partial charge >= 0.3 is 0 Å². The molecule has 1 aromatic heterocycles. The predicted molar refractivity (Wildman–Crippen MR) is 73.2 cm³/mol. The zero-order valence-corrected chi connectivity index (χ0v) is 11.1. The Balaban J connectivity index is 1.76. The van der Waals surface area contributed by atoms with Crippen LogP contribution in [0, 0.1) is 12.7 Å². The van der Waals surface area contributed by atoms with Crippen molar-refractivity contribution < 1.29 is 13.9 Å². The molecule has 1 heterocycles. The van der Waals surface area contributed by atoms with Crippen LogP contribution in [-0.2, 0) is 0 Å². The number of aryl methyl sites for hydroxylation is 1. The Bertz CT molecular complexity index is 585. The number of carbonyl (C=O) groups excluding carboxylic acids is 1. The lowest BCUT2D eigenvalue weighted by molar-refractivity contribution is 0.0946. The number of rotatable bonds is 5. The largest absolute Gasteiger partial charge is 0.492 e. The molecule has 0 aliphatic rings. The van der Waals surface area contributed by atoms with Gasteiger partial charge in [0.1, 0.15) is 18.2 Å². The first kappa shape index (κ1) is 14.0. The van der Waals surface area contributed by atoms with E-state index in [0.29, 0.717) is 17.9 Å². The number of ether oxygens (including phenoxy) is 1. The van der Waals surface area contributed by atoms with Gasteiger partial charge in [0.25, 0.3) is 5.91 Å². The standard InChI is InChI=1S/C15H15FN2O2/c1-11-5-6-12(10-18-11)15(19)17-7-8-20-14-4-2-3-13(16)9-14/h2-6,9-10H,7-8H2,1H3,(H,17,19). The smallest absolute Gasteiger partial charge is 0.252 e. The number of nitrogens with zero attached hydrogens (tertiary/aromatic N) is 1. The fourth-order valence-electron chi connectivity index (χ4n) is 1.59. The van der Waals surface area contributed by atoms with Gasteiger partial charge in [-0.15, -0.1) is 0 Å². The summed E-state index contributed by atoms with van der Waals surface area (Å²) >= 11 is 0. The lowest BCUT2D eigenvalue weighted by atomic mass is 10.2. The number of benzene rings is 1. The molecule has 2 rings (SSSR count). The van der Waals surface area contributed by atoms with Gasteiger partial charge in [0.05, 0.1) is 12.1 Å². The van der Waals surface area contributed by atoms with Crippen LogP contribution in [0.25, 0.3) is 0 Å². The van der Waals surface area contributed by atoms with E-state index in [2.05, 4.69) is 10.3 Å². The molecule has 0 saturated carbocycles. The van der Waals surface area contributed by atoms with E-state index in [1.165, 1.54) is 18.3 Å². The minimum atomic E-state index is -0.350. The van der Waals surface area contributed by atoms with Crippen molar-refractivity contribution >= 4 is 5.91 Å². The van der Waals surface area contributed by atoms with Gasteiger partial charge in [-0.2, -0.15) is 0 Å². The number of hydrogen-bond acceptors (Lipinski definition) is 3. The Morgan fingerprint density at radius 2 is 2.20 bits per heavy atom. The number of nitrogens with one attached hydrogen (secondary N) is 1. The van der Waals surface area contributed by atoms with Crippen molar-refractivity contribution in [3.63, 3.8) is 0 Å². The Labute approximate surface area is 116 Å². The molecule has 5 heteroatoms. The van der Waals surface area contributed by atoms with E-state index in [9.17, 15) is 9.18 Å². The van der Waals surface area contributed by atoms with E-state index < -0.39 is 0 Å². The molecule has 1 amide bonds. The van der Waals surface area contributed by atoms with Crippen molar-refractivity contribution in [2.24, 2.45) is 0 Å². The number of carbonyl (C=O) groups is 1. The predicted octanol–water partition coefficient (Wildman–Crippen LogP) is 2.34. The molecular formula is C15H15FN2O2. The molecule has 0 spiro atoms. The number of hydrogen-bond donors (Lipinski definition) is 1. The van der Waals surface area contributed by atoms with Crippen molar-refractivity contribution in [2.45, 2.75) is 6.92 Å². The first-order valence-corrected chi connectivity index (χ1v) is 6.24. The molecule has 1 N–H and O–H groups in total. The van der Waals surface area contributed by atoms with Crippen molar-refractivity contribution in [1.29, 1.82) is 0 Å². The van der Waals surface area contributed by atoms with Crippen LogP contribution in [0.3, 0.4) is 0 Å². The summed E-state index contributed by atoms with van der Waals surface area (Å²) in [6.45, 7) is 2.46. The highest BCUT2D eigenvalue weighted by atomic mass is 19.1. The van der Waals surface area contributed by atoms with Crippen molar-refractivity contribution in [2.75, 3.05) is 13.2 Å². The van der Waals surface area contributed by atoms with E-state index in [1.54, 1.807) is 24.3 Å². The Hall–Kier alpha value is -2.43. The van der Waals surface area contributed by atoms with Gasteiger partial charge < -0.3 is 10.1 Å². The second-order valence-corrected chi connectivity index (χ2v) is 4.25. The highest BCUT2D eigenvalue weighted by Gasteiger charge is 2.04. The molecule has 1 aromatic carbocycles. The summed E-state index contributed by atoms with van der Waals surface area (Å²) in [4.78, 5) is 15.8. The summed E-state index contributed by atoms with van der Waals surface area (Å²) in [7, 11) is 0. The van der Waals surface area contributed by atoms with Crippen LogP contribution in [0.4, 0.5) is 4.39 Å². The third-order valence-electron chi connectivity index (χ3n) is 2.63. The highest BCUT2D eigenvalue weighted by molar-refractivity contribution is 5.93. The summed E-state index contributed by atoms with van der Waals surface area (Å²) in [5.74, 6) is -0.117.